The minimum Gasteiger partial charge on any atom is -0.377 e. The second-order valence-corrected chi connectivity index (χ2v) is 1.38. The highest BCUT2D eigenvalue weighted by molar-refractivity contribution is 4.72. The maximum absolute atomic E-state index is 4.50. The summed E-state index contributed by atoms with van der Waals surface area (Å²) in [5.74, 6) is 0. The van der Waals surface area contributed by atoms with Crippen molar-refractivity contribution in [1.82, 2.24) is 10.2 Å². The van der Waals surface area contributed by atoms with Crippen LogP contribution in [-0.2, 0) is 4.74 Å². The Hall–Kier alpha value is -0.830. The van der Waals surface area contributed by atoms with Crippen molar-refractivity contribution in [3.63, 3.8) is 0 Å². The summed E-state index contributed by atoms with van der Waals surface area (Å²) >= 11 is 0. The molecule has 8 heavy (non-hydrogen) atoms. The molecule has 1 aliphatic rings. The Balaban J connectivity index is 0.0000000907. The molecule has 0 spiro atoms. The molecule has 1 aromatic rings. The van der Waals surface area contributed by atoms with Crippen molar-refractivity contribution in [2.45, 2.75) is 0 Å². The van der Waals surface area contributed by atoms with Gasteiger partial charge in [0.25, 0.3) is 0 Å². The van der Waals surface area contributed by atoms with E-state index in [-0.39, 0.29) is 0 Å². The van der Waals surface area contributed by atoms with E-state index in [1.807, 2.05) is 6.07 Å². The van der Waals surface area contributed by atoms with E-state index >= 15 is 0 Å². The van der Waals surface area contributed by atoms with Crippen molar-refractivity contribution in [3.05, 3.63) is 18.5 Å². The van der Waals surface area contributed by atoms with Crippen molar-refractivity contribution in [3.8, 4) is 0 Å². The zero-order valence-electron chi connectivity index (χ0n) is 4.50. The van der Waals surface area contributed by atoms with Gasteiger partial charge in [0.05, 0.1) is 13.2 Å². The topological polar surface area (TPSA) is 41.2 Å². The van der Waals surface area contributed by atoms with Gasteiger partial charge in [-0.3, -0.25) is 5.10 Å². The normalized spacial score (nSPS) is 14.0. The van der Waals surface area contributed by atoms with Crippen molar-refractivity contribution >= 4 is 0 Å². The fourth-order valence-corrected chi connectivity index (χ4v) is 0.215. The first-order valence-electron chi connectivity index (χ1n) is 2.51. The molecule has 44 valence electrons. The molecule has 0 atom stereocenters. The molecule has 0 aliphatic carbocycles. The third-order valence-corrected chi connectivity index (χ3v) is 0.610. The summed E-state index contributed by atoms with van der Waals surface area (Å²) in [6.07, 6.45) is 3.46. The Labute approximate surface area is 47.7 Å². The van der Waals surface area contributed by atoms with E-state index in [1.54, 1.807) is 12.4 Å². The van der Waals surface area contributed by atoms with Crippen LogP contribution in [0.25, 0.3) is 0 Å². The predicted molar refractivity (Wildman–Crippen MR) is 29.4 cm³/mol. The molecule has 2 heterocycles. The smallest absolute Gasteiger partial charge is 0.0701 e. The highest BCUT2D eigenvalue weighted by Gasteiger charge is 1.94. The summed E-state index contributed by atoms with van der Waals surface area (Å²) in [5.41, 5.74) is 0. The Morgan fingerprint density at radius 3 is 2.38 bits per heavy atom. The van der Waals surface area contributed by atoms with Crippen molar-refractivity contribution in [2.75, 3.05) is 13.2 Å². The lowest BCUT2D eigenvalue weighted by Gasteiger charge is -1.49. The minimum absolute atomic E-state index is 1.00. The van der Waals surface area contributed by atoms with Gasteiger partial charge in [0.1, 0.15) is 0 Å². The van der Waals surface area contributed by atoms with Crippen molar-refractivity contribution < 1.29 is 4.74 Å². The SMILES string of the molecule is C1CO1.c1cn[nH]c1. The number of rotatable bonds is 0. The van der Waals surface area contributed by atoms with Gasteiger partial charge in [-0.25, -0.2) is 0 Å². The number of hydrogen-bond donors (Lipinski definition) is 1. The van der Waals surface area contributed by atoms with Gasteiger partial charge >= 0.3 is 0 Å². The number of nitrogens with zero attached hydrogens (tertiary/aromatic N) is 1. The molecule has 1 aromatic heterocycles. The predicted octanol–water partition coefficient (Wildman–Crippen LogP) is 0.426. The molecule has 1 N–H and O–H groups in total. The average molecular weight is 112 g/mol. The number of epoxide rings is 1. The summed E-state index contributed by atoms with van der Waals surface area (Å²) in [5, 5.41) is 6.21. The van der Waals surface area contributed by atoms with Crippen LogP contribution in [0.1, 0.15) is 0 Å². The molecule has 1 aliphatic heterocycles. The van der Waals surface area contributed by atoms with Crippen LogP contribution in [0.5, 0.6) is 0 Å². The van der Waals surface area contributed by atoms with Crippen molar-refractivity contribution in [2.24, 2.45) is 0 Å². The zero-order valence-corrected chi connectivity index (χ0v) is 4.50. The number of H-pyrrole nitrogens is 1. The second-order valence-electron chi connectivity index (χ2n) is 1.38. The van der Waals surface area contributed by atoms with Gasteiger partial charge in [-0.05, 0) is 6.07 Å². The third-order valence-electron chi connectivity index (χ3n) is 0.610. The van der Waals surface area contributed by atoms with Gasteiger partial charge in [-0.15, -0.1) is 0 Å². The van der Waals surface area contributed by atoms with Crippen LogP contribution in [-0.4, -0.2) is 23.4 Å². The average Bonchev–Trinajstić information content (AvgIpc) is 2.55. The Morgan fingerprint density at radius 1 is 1.50 bits per heavy atom. The van der Waals surface area contributed by atoms with Gasteiger partial charge in [0.15, 0.2) is 0 Å². The fourth-order valence-electron chi connectivity index (χ4n) is 0.215. The molecule has 0 saturated carbocycles. The number of hydrogen-bond acceptors (Lipinski definition) is 2. The molecule has 3 nitrogen and oxygen atoms in total. The summed E-state index contributed by atoms with van der Waals surface area (Å²) in [6, 6.07) is 1.83. The Morgan fingerprint density at radius 2 is 2.25 bits per heavy atom. The molecule has 1 fully saturated rings. The molecular weight excluding hydrogens is 104 g/mol. The van der Waals surface area contributed by atoms with Gasteiger partial charge in [0.2, 0.25) is 0 Å². The quantitative estimate of drug-likeness (QED) is 0.494. The standard InChI is InChI=1S/C3H4N2.C2H4O/c1-2-4-5-3-1;1-2-3-1/h1-3H,(H,4,5);1-2H2. The third kappa shape index (κ3) is 3.36. The van der Waals surface area contributed by atoms with Crippen LogP contribution in [0.4, 0.5) is 0 Å². The first kappa shape index (κ1) is 5.31. The van der Waals surface area contributed by atoms with Crippen LogP contribution in [0.2, 0.25) is 0 Å². The van der Waals surface area contributed by atoms with E-state index in [4.69, 9.17) is 0 Å². The molecule has 0 bridgehead atoms. The highest BCUT2D eigenvalue weighted by Crippen LogP contribution is 1.84. The number of aromatic nitrogens is 2. The van der Waals surface area contributed by atoms with Crippen LogP contribution < -0.4 is 0 Å². The molecule has 0 radical (unpaired) electrons. The van der Waals surface area contributed by atoms with E-state index in [0.29, 0.717) is 0 Å². The first-order chi connectivity index (χ1) is 4.00. The second kappa shape index (κ2) is 3.21. The monoisotopic (exact) mass is 112 g/mol. The van der Waals surface area contributed by atoms with Gasteiger partial charge < -0.3 is 4.74 Å². The number of nitrogens with one attached hydrogen (secondary N) is 1. The van der Waals surface area contributed by atoms with Gasteiger partial charge in [0, 0.05) is 12.4 Å². The van der Waals surface area contributed by atoms with Crippen molar-refractivity contribution in [1.29, 1.82) is 0 Å². The molecule has 1 saturated heterocycles. The van der Waals surface area contributed by atoms with Crippen LogP contribution in [0.15, 0.2) is 18.5 Å². The number of ether oxygens (including phenoxy) is 1. The van der Waals surface area contributed by atoms with Crippen LogP contribution in [0, 0.1) is 0 Å². The lowest BCUT2D eigenvalue weighted by molar-refractivity contribution is 0.475. The molecular formula is C5H8N2O. The van der Waals surface area contributed by atoms with Gasteiger partial charge in [-0.1, -0.05) is 0 Å². The van der Waals surface area contributed by atoms with E-state index in [2.05, 4.69) is 14.9 Å². The molecule has 0 amide bonds. The number of aromatic amines is 1. The van der Waals surface area contributed by atoms with E-state index in [9.17, 15) is 0 Å². The maximum Gasteiger partial charge on any atom is 0.0701 e. The summed E-state index contributed by atoms with van der Waals surface area (Å²) < 4.78 is 4.50. The Kier molecular flexibility index (Phi) is 2.13. The molecule has 2 rings (SSSR count). The van der Waals surface area contributed by atoms with E-state index in [1.165, 1.54) is 0 Å². The molecule has 0 unspecified atom stereocenters. The fraction of sp³-hybridized carbons (Fsp3) is 0.400. The summed E-state index contributed by atoms with van der Waals surface area (Å²) in [6.45, 7) is 2.00. The molecule has 3 heteroatoms. The van der Waals surface area contributed by atoms with Crippen LogP contribution >= 0.6 is 0 Å². The lowest BCUT2D eigenvalue weighted by Crippen LogP contribution is -1.53. The van der Waals surface area contributed by atoms with E-state index < -0.39 is 0 Å². The highest BCUT2D eigenvalue weighted by atomic mass is 16.6. The largest absolute Gasteiger partial charge is 0.377 e. The van der Waals surface area contributed by atoms with Gasteiger partial charge in [-0.2, -0.15) is 5.10 Å². The van der Waals surface area contributed by atoms with Crippen LogP contribution in [0.3, 0.4) is 0 Å². The molecule has 0 aromatic carbocycles. The Bertz CT molecular complexity index is 94.0. The summed E-state index contributed by atoms with van der Waals surface area (Å²) in [7, 11) is 0. The van der Waals surface area contributed by atoms with E-state index in [0.717, 1.165) is 13.2 Å². The first-order valence-corrected chi connectivity index (χ1v) is 2.51. The summed E-state index contributed by atoms with van der Waals surface area (Å²) in [4.78, 5) is 0. The zero-order chi connectivity index (χ0) is 5.66. The maximum atomic E-state index is 4.50. The minimum atomic E-state index is 1.00. The lowest BCUT2D eigenvalue weighted by atomic mass is 10.8.